The zero-order chi connectivity index (χ0) is 37.5. The van der Waals surface area contributed by atoms with Gasteiger partial charge in [0.2, 0.25) is 0 Å². The van der Waals surface area contributed by atoms with Crippen LogP contribution in [-0.2, 0) is 0 Å². The van der Waals surface area contributed by atoms with Crippen molar-refractivity contribution in [3.8, 4) is 27.9 Å². The molecule has 0 radical (unpaired) electrons. The SMILES string of the molecule is c1ccc(-c2ccc(N(c3ccccc3)c3ccc(-n4c5cccc6c7cccc(-c8ccccc8)c7n7c8ccccc8c8ccc4c(c65)c87)cc3)cc2)cc1. The number of aromatic nitrogens is 2. The number of nitrogens with zero attached hydrogens (tertiary/aromatic N) is 3. The van der Waals surface area contributed by atoms with Gasteiger partial charge in [0.25, 0.3) is 0 Å². The van der Waals surface area contributed by atoms with Crippen molar-refractivity contribution in [1.29, 1.82) is 0 Å². The maximum atomic E-state index is 2.55. The van der Waals surface area contributed by atoms with Crippen molar-refractivity contribution in [2.45, 2.75) is 0 Å². The molecule has 12 rings (SSSR count). The van der Waals surface area contributed by atoms with Crippen LogP contribution in [0.5, 0.6) is 0 Å². The zero-order valence-electron chi connectivity index (χ0n) is 31.0. The van der Waals surface area contributed by atoms with Gasteiger partial charge >= 0.3 is 0 Å². The summed E-state index contributed by atoms with van der Waals surface area (Å²) in [7, 11) is 0. The van der Waals surface area contributed by atoms with E-state index in [1.807, 2.05) is 0 Å². The molecule has 266 valence electrons. The largest absolute Gasteiger partial charge is 0.311 e. The number of para-hydroxylation sites is 3. The Balaban J connectivity index is 1.09. The summed E-state index contributed by atoms with van der Waals surface area (Å²) in [6.45, 7) is 0. The Labute approximate surface area is 329 Å². The van der Waals surface area contributed by atoms with Crippen molar-refractivity contribution >= 4 is 77.0 Å². The predicted octanol–water partition coefficient (Wildman–Crippen LogP) is 14.7. The molecular weight excluding hydrogens is 691 g/mol. The monoisotopic (exact) mass is 725 g/mol. The molecular formula is C54H35N3. The Hall–Kier alpha value is -7.62. The molecule has 0 amide bonds. The van der Waals surface area contributed by atoms with Crippen LogP contribution in [0, 0.1) is 0 Å². The third-order valence-electron chi connectivity index (χ3n) is 11.8. The number of hydrogen-bond donors (Lipinski definition) is 0. The van der Waals surface area contributed by atoms with Gasteiger partial charge in [0, 0.05) is 55.2 Å². The van der Waals surface area contributed by atoms with Gasteiger partial charge in [0.1, 0.15) is 0 Å². The molecule has 0 saturated heterocycles. The highest BCUT2D eigenvalue weighted by Gasteiger charge is 2.24. The van der Waals surface area contributed by atoms with Crippen LogP contribution in [0.15, 0.2) is 212 Å². The summed E-state index contributed by atoms with van der Waals surface area (Å²) in [5, 5.41) is 7.63. The van der Waals surface area contributed by atoms with Gasteiger partial charge in [-0.15, -0.1) is 0 Å². The fourth-order valence-corrected chi connectivity index (χ4v) is 9.39. The van der Waals surface area contributed by atoms with Crippen LogP contribution in [0.25, 0.3) is 87.8 Å². The van der Waals surface area contributed by atoms with Gasteiger partial charge in [-0.2, -0.15) is 0 Å². The van der Waals surface area contributed by atoms with Crippen molar-refractivity contribution in [1.82, 2.24) is 8.97 Å². The maximum Gasteiger partial charge on any atom is 0.0642 e. The van der Waals surface area contributed by atoms with Crippen molar-refractivity contribution in [3.05, 3.63) is 212 Å². The minimum Gasteiger partial charge on any atom is -0.311 e. The second-order valence-electron chi connectivity index (χ2n) is 14.9. The van der Waals surface area contributed by atoms with Crippen LogP contribution in [0.2, 0.25) is 0 Å². The highest BCUT2D eigenvalue weighted by Crippen LogP contribution is 2.47. The third kappa shape index (κ3) is 4.73. The lowest BCUT2D eigenvalue weighted by molar-refractivity contribution is 1.17. The van der Waals surface area contributed by atoms with E-state index in [2.05, 4.69) is 226 Å². The predicted molar refractivity (Wildman–Crippen MR) is 241 cm³/mol. The Kier molecular flexibility index (Phi) is 6.93. The lowest BCUT2D eigenvalue weighted by atomic mass is 9.99. The molecule has 0 N–H and O–H groups in total. The van der Waals surface area contributed by atoms with Crippen LogP contribution in [0.4, 0.5) is 17.1 Å². The van der Waals surface area contributed by atoms with Crippen LogP contribution in [-0.4, -0.2) is 8.97 Å². The Bertz CT molecular complexity index is 3420. The fraction of sp³-hybridized carbons (Fsp3) is 0. The first-order valence-corrected chi connectivity index (χ1v) is 19.6. The number of anilines is 3. The molecule has 3 heteroatoms. The standard InChI is InChI=1S/C54H35N3/c1-4-14-36(15-5-1)37-26-28-40(29-27-37)55(39-18-8-3-9-19-39)41-30-32-42(33-31-41)56-49-25-13-22-45-46-23-12-21-43(38-16-6-2-7-17-38)53(46)57-48-24-11-10-20-44(48)47-34-35-50(56)52(51(45)49)54(47)57/h1-35H. The molecule has 0 unspecified atom stereocenters. The quantitative estimate of drug-likeness (QED) is 0.166. The molecule has 3 aromatic heterocycles. The van der Waals surface area contributed by atoms with E-state index in [0.29, 0.717) is 0 Å². The maximum absolute atomic E-state index is 2.55. The molecule has 12 aromatic rings. The molecule has 0 bridgehead atoms. The van der Waals surface area contributed by atoms with Crippen molar-refractivity contribution in [2.75, 3.05) is 4.90 Å². The lowest BCUT2D eigenvalue weighted by Gasteiger charge is -2.26. The molecule has 0 aliphatic rings. The zero-order valence-corrected chi connectivity index (χ0v) is 31.0. The number of benzene rings is 9. The molecule has 57 heavy (non-hydrogen) atoms. The first kappa shape index (κ1) is 31.7. The first-order valence-electron chi connectivity index (χ1n) is 19.6. The van der Waals surface area contributed by atoms with E-state index < -0.39 is 0 Å². The average molecular weight is 726 g/mol. The fourth-order valence-electron chi connectivity index (χ4n) is 9.39. The summed E-state index contributed by atoms with van der Waals surface area (Å²) in [4.78, 5) is 2.34. The molecule has 0 aliphatic heterocycles. The highest BCUT2D eigenvalue weighted by atomic mass is 15.1. The number of hydrogen-bond acceptors (Lipinski definition) is 1. The highest BCUT2D eigenvalue weighted by molar-refractivity contribution is 6.33. The summed E-state index contributed by atoms with van der Waals surface area (Å²) in [5.41, 5.74) is 15.4. The van der Waals surface area contributed by atoms with Crippen LogP contribution >= 0.6 is 0 Å². The van der Waals surface area contributed by atoms with E-state index in [-0.39, 0.29) is 0 Å². The molecule has 0 aliphatic carbocycles. The molecule has 0 atom stereocenters. The second-order valence-corrected chi connectivity index (χ2v) is 14.9. The van der Waals surface area contributed by atoms with Crippen molar-refractivity contribution < 1.29 is 0 Å². The molecule has 0 spiro atoms. The molecule has 0 saturated carbocycles. The second kappa shape index (κ2) is 12.5. The lowest BCUT2D eigenvalue weighted by Crippen LogP contribution is -2.10. The van der Waals surface area contributed by atoms with Gasteiger partial charge in [-0.05, 0) is 88.8 Å². The summed E-state index contributed by atoms with van der Waals surface area (Å²) in [6, 6.07) is 77.2. The van der Waals surface area contributed by atoms with E-state index in [0.717, 1.165) is 22.7 Å². The Morgan fingerprint density at radius 2 is 0.825 bits per heavy atom. The minimum atomic E-state index is 1.10. The molecule has 3 heterocycles. The van der Waals surface area contributed by atoms with Gasteiger partial charge in [0.05, 0.1) is 27.6 Å². The number of fused-ring (bicyclic) bond motifs is 6. The summed E-state index contributed by atoms with van der Waals surface area (Å²) in [6.07, 6.45) is 0. The minimum absolute atomic E-state index is 1.10. The van der Waals surface area contributed by atoms with Crippen LogP contribution in [0.1, 0.15) is 0 Å². The van der Waals surface area contributed by atoms with E-state index in [9.17, 15) is 0 Å². The smallest absolute Gasteiger partial charge is 0.0642 e. The van der Waals surface area contributed by atoms with Gasteiger partial charge in [-0.1, -0.05) is 146 Å². The summed E-state index contributed by atoms with van der Waals surface area (Å²) < 4.78 is 5.02. The van der Waals surface area contributed by atoms with Crippen LogP contribution < -0.4 is 4.90 Å². The van der Waals surface area contributed by atoms with Gasteiger partial charge in [-0.3, -0.25) is 0 Å². The normalized spacial score (nSPS) is 11.9. The molecule has 0 fully saturated rings. The van der Waals surface area contributed by atoms with E-state index >= 15 is 0 Å². The average Bonchev–Trinajstić information content (AvgIpc) is 3.76. The summed E-state index contributed by atoms with van der Waals surface area (Å²) >= 11 is 0. The van der Waals surface area contributed by atoms with Crippen LogP contribution in [0.3, 0.4) is 0 Å². The van der Waals surface area contributed by atoms with Gasteiger partial charge < -0.3 is 13.9 Å². The Morgan fingerprint density at radius 3 is 1.58 bits per heavy atom. The van der Waals surface area contributed by atoms with Crippen molar-refractivity contribution in [3.63, 3.8) is 0 Å². The first-order chi connectivity index (χ1) is 28.3. The van der Waals surface area contributed by atoms with Gasteiger partial charge in [-0.25, -0.2) is 0 Å². The number of rotatable bonds is 6. The van der Waals surface area contributed by atoms with Gasteiger partial charge in [0.15, 0.2) is 0 Å². The Morgan fingerprint density at radius 1 is 0.298 bits per heavy atom. The molecule has 9 aromatic carbocycles. The summed E-state index contributed by atoms with van der Waals surface area (Å²) in [5.74, 6) is 0. The van der Waals surface area contributed by atoms with E-state index in [1.54, 1.807) is 0 Å². The topological polar surface area (TPSA) is 12.6 Å². The van der Waals surface area contributed by atoms with Crippen molar-refractivity contribution in [2.24, 2.45) is 0 Å². The van der Waals surface area contributed by atoms with E-state index in [1.165, 1.54) is 82.2 Å². The third-order valence-corrected chi connectivity index (χ3v) is 11.8. The molecule has 3 nitrogen and oxygen atoms in total. The van der Waals surface area contributed by atoms with E-state index in [4.69, 9.17) is 0 Å².